The number of nitrogens with one attached hydrogen (secondary N) is 1. The average Bonchev–Trinajstić information content (AvgIpc) is 3.03. The average molecular weight is 301 g/mol. The van der Waals surface area contributed by atoms with E-state index in [9.17, 15) is 0 Å². The third-order valence-corrected chi connectivity index (χ3v) is 4.62. The monoisotopic (exact) mass is 301 g/mol. The molecule has 5 nitrogen and oxygen atoms in total. The zero-order chi connectivity index (χ0) is 15.7. The zero-order valence-electron chi connectivity index (χ0n) is 14.1. The van der Waals surface area contributed by atoms with Crippen molar-refractivity contribution in [3.8, 4) is 0 Å². The minimum Gasteiger partial charge on any atom is -0.370 e. The summed E-state index contributed by atoms with van der Waals surface area (Å²) in [5.41, 5.74) is 3.06. The Balaban J connectivity index is 1.76. The summed E-state index contributed by atoms with van der Waals surface area (Å²) in [6, 6.07) is 4.90. The van der Waals surface area contributed by atoms with Crippen molar-refractivity contribution in [2.24, 2.45) is 0 Å². The molecule has 0 spiro atoms. The third kappa shape index (κ3) is 3.09. The van der Waals surface area contributed by atoms with Crippen molar-refractivity contribution in [1.82, 2.24) is 19.5 Å². The van der Waals surface area contributed by atoms with Crippen LogP contribution >= 0.6 is 0 Å². The molecule has 22 heavy (non-hydrogen) atoms. The number of fused-ring (bicyclic) bond motifs is 1. The largest absolute Gasteiger partial charge is 0.370 e. The van der Waals surface area contributed by atoms with Crippen molar-refractivity contribution in [3.05, 3.63) is 23.5 Å². The van der Waals surface area contributed by atoms with Crippen LogP contribution in [0.3, 0.4) is 0 Å². The standard InChI is InChI=1S/C17H27N5/c1-12(2)15-11-16(22-17(19-15)10-13(3)20-22)18-8-7-14-6-5-9-21(14)4/h10-12,14,18H,5-9H2,1-4H3/t14-/m1/s1. The molecule has 0 saturated carbocycles. The van der Waals surface area contributed by atoms with Crippen molar-refractivity contribution < 1.29 is 0 Å². The van der Waals surface area contributed by atoms with Crippen molar-refractivity contribution >= 4 is 11.5 Å². The Bertz CT molecular complexity index is 646. The van der Waals surface area contributed by atoms with E-state index in [0.29, 0.717) is 12.0 Å². The Kier molecular flexibility index (Phi) is 4.34. The van der Waals surface area contributed by atoms with Gasteiger partial charge in [-0.2, -0.15) is 9.61 Å². The number of aryl methyl sites for hydroxylation is 1. The molecule has 0 aromatic carbocycles. The van der Waals surface area contributed by atoms with Crippen LogP contribution < -0.4 is 5.32 Å². The minimum atomic E-state index is 0.418. The maximum atomic E-state index is 4.71. The summed E-state index contributed by atoms with van der Waals surface area (Å²) in [6.07, 6.45) is 3.83. The molecule has 5 heteroatoms. The van der Waals surface area contributed by atoms with Crippen molar-refractivity contribution in [2.45, 2.75) is 52.0 Å². The number of aromatic nitrogens is 3. The van der Waals surface area contributed by atoms with E-state index in [-0.39, 0.29) is 0 Å². The van der Waals surface area contributed by atoms with Gasteiger partial charge in [-0.25, -0.2) is 4.98 Å². The van der Waals surface area contributed by atoms with Gasteiger partial charge < -0.3 is 10.2 Å². The summed E-state index contributed by atoms with van der Waals surface area (Å²) in [5.74, 6) is 1.48. The first-order chi connectivity index (χ1) is 10.5. The molecule has 2 aromatic rings. The lowest BCUT2D eigenvalue weighted by molar-refractivity contribution is 0.301. The van der Waals surface area contributed by atoms with E-state index >= 15 is 0 Å². The van der Waals surface area contributed by atoms with Gasteiger partial charge in [-0.15, -0.1) is 0 Å². The first-order valence-electron chi connectivity index (χ1n) is 8.36. The summed E-state index contributed by atoms with van der Waals surface area (Å²) in [5, 5.41) is 8.14. The van der Waals surface area contributed by atoms with Gasteiger partial charge in [0.2, 0.25) is 0 Å². The quantitative estimate of drug-likeness (QED) is 0.922. The Morgan fingerprint density at radius 1 is 1.36 bits per heavy atom. The first kappa shape index (κ1) is 15.3. The van der Waals surface area contributed by atoms with E-state index in [2.05, 4.69) is 42.3 Å². The number of rotatable bonds is 5. The summed E-state index contributed by atoms with van der Waals surface area (Å²) < 4.78 is 1.93. The maximum absolute atomic E-state index is 4.71. The van der Waals surface area contributed by atoms with E-state index < -0.39 is 0 Å². The summed E-state index contributed by atoms with van der Waals surface area (Å²) in [7, 11) is 2.23. The van der Waals surface area contributed by atoms with Gasteiger partial charge in [-0.3, -0.25) is 0 Å². The van der Waals surface area contributed by atoms with Crippen molar-refractivity contribution in [2.75, 3.05) is 25.5 Å². The SMILES string of the molecule is Cc1cc2nc(C(C)C)cc(NCC[C@H]3CCCN3C)n2n1. The van der Waals surface area contributed by atoms with Crippen LogP contribution in [0.15, 0.2) is 12.1 Å². The molecule has 1 aliphatic rings. The fourth-order valence-corrected chi connectivity index (χ4v) is 3.24. The van der Waals surface area contributed by atoms with Crippen molar-refractivity contribution in [1.29, 1.82) is 0 Å². The number of anilines is 1. The number of hydrogen-bond donors (Lipinski definition) is 1. The van der Waals surface area contributed by atoms with Gasteiger partial charge in [-0.1, -0.05) is 13.8 Å². The van der Waals surface area contributed by atoms with Crippen LogP contribution in [0, 0.1) is 6.92 Å². The Morgan fingerprint density at radius 3 is 2.86 bits per heavy atom. The lowest BCUT2D eigenvalue weighted by Crippen LogP contribution is -2.27. The normalized spacial score (nSPS) is 19.4. The highest BCUT2D eigenvalue weighted by Crippen LogP contribution is 2.21. The van der Waals surface area contributed by atoms with Crippen LogP contribution in [0.5, 0.6) is 0 Å². The van der Waals surface area contributed by atoms with Crippen LogP contribution in [-0.2, 0) is 0 Å². The van der Waals surface area contributed by atoms with Crippen LogP contribution in [0.2, 0.25) is 0 Å². The second kappa shape index (κ2) is 6.24. The minimum absolute atomic E-state index is 0.418. The second-order valence-electron chi connectivity index (χ2n) is 6.77. The molecule has 0 radical (unpaired) electrons. The fraction of sp³-hybridized carbons (Fsp3) is 0.647. The molecule has 1 saturated heterocycles. The van der Waals surface area contributed by atoms with Gasteiger partial charge in [-0.05, 0) is 45.7 Å². The number of nitrogens with zero attached hydrogens (tertiary/aromatic N) is 4. The van der Waals surface area contributed by atoms with Gasteiger partial charge >= 0.3 is 0 Å². The molecule has 1 N–H and O–H groups in total. The van der Waals surface area contributed by atoms with Gasteiger partial charge in [0.15, 0.2) is 5.65 Å². The van der Waals surface area contributed by atoms with Gasteiger partial charge in [0.25, 0.3) is 0 Å². The summed E-state index contributed by atoms with van der Waals surface area (Å²) in [4.78, 5) is 7.18. The van der Waals surface area contributed by atoms with Gasteiger partial charge in [0.05, 0.1) is 5.69 Å². The maximum Gasteiger partial charge on any atom is 0.157 e. The van der Waals surface area contributed by atoms with E-state index in [1.165, 1.54) is 25.8 Å². The molecule has 1 fully saturated rings. The van der Waals surface area contributed by atoms with E-state index in [1.54, 1.807) is 0 Å². The molecule has 3 rings (SSSR count). The molecule has 0 aliphatic carbocycles. The summed E-state index contributed by atoms with van der Waals surface area (Å²) >= 11 is 0. The number of likely N-dealkylation sites (tertiary alicyclic amines) is 1. The predicted octanol–water partition coefficient (Wildman–Crippen LogP) is 3.06. The van der Waals surface area contributed by atoms with Gasteiger partial charge in [0.1, 0.15) is 5.82 Å². The Hall–Kier alpha value is -1.62. The fourth-order valence-electron chi connectivity index (χ4n) is 3.24. The van der Waals surface area contributed by atoms with Crippen molar-refractivity contribution in [3.63, 3.8) is 0 Å². The first-order valence-corrected chi connectivity index (χ1v) is 8.36. The second-order valence-corrected chi connectivity index (χ2v) is 6.77. The topological polar surface area (TPSA) is 45.5 Å². The van der Waals surface area contributed by atoms with Gasteiger partial charge in [0, 0.05) is 30.4 Å². The molecule has 1 atom stereocenters. The molecule has 1 aliphatic heterocycles. The molecular formula is C17H27N5. The smallest absolute Gasteiger partial charge is 0.157 e. The van der Waals surface area contributed by atoms with Crippen LogP contribution in [0.1, 0.15) is 50.4 Å². The molecular weight excluding hydrogens is 274 g/mol. The summed E-state index contributed by atoms with van der Waals surface area (Å²) in [6.45, 7) is 8.59. The van der Waals surface area contributed by atoms with Crippen LogP contribution in [-0.4, -0.2) is 45.7 Å². The van der Waals surface area contributed by atoms with E-state index in [1.807, 2.05) is 17.5 Å². The molecule has 0 bridgehead atoms. The highest BCUT2D eigenvalue weighted by molar-refractivity contribution is 5.50. The number of hydrogen-bond acceptors (Lipinski definition) is 4. The molecule has 3 heterocycles. The predicted molar refractivity (Wildman–Crippen MR) is 90.6 cm³/mol. The highest BCUT2D eigenvalue weighted by atomic mass is 15.3. The molecule has 2 aromatic heterocycles. The molecule has 120 valence electrons. The van der Waals surface area contributed by atoms with Crippen LogP contribution in [0.4, 0.5) is 5.82 Å². The highest BCUT2D eigenvalue weighted by Gasteiger charge is 2.20. The Labute approximate surface area is 132 Å². The molecule has 0 unspecified atom stereocenters. The van der Waals surface area contributed by atoms with E-state index in [0.717, 1.165) is 29.4 Å². The lowest BCUT2D eigenvalue weighted by atomic mass is 10.1. The zero-order valence-corrected chi connectivity index (χ0v) is 14.1. The van der Waals surface area contributed by atoms with E-state index in [4.69, 9.17) is 4.98 Å². The molecule has 0 amide bonds. The third-order valence-electron chi connectivity index (χ3n) is 4.62. The Morgan fingerprint density at radius 2 is 2.18 bits per heavy atom. The lowest BCUT2D eigenvalue weighted by Gasteiger charge is -2.20. The van der Waals surface area contributed by atoms with Crippen LogP contribution in [0.25, 0.3) is 5.65 Å².